The van der Waals surface area contributed by atoms with Crippen LogP contribution in [0.15, 0.2) is 85.1 Å². The molecule has 4 aromatic rings. The van der Waals surface area contributed by atoms with Gasteiger partial charge in [0.15, 0.2) is 0 Å². The summed E-state index contributed by atoms with van der Waals surface area (Å²) in [6, 6.07) is 23.3. The number of phenols is 1. The van der Waals surface area contributed by atoms with Crippen molar-refractivity contribution in [2.75, 3.05) is 18.4 Å². The Bertz CT molecular complexity index is 1460. The number of pyridine rings is 1. The Morgan fingerprint density at radius 2 is 1.68 bits per heavy atom. The van der Waals surface area contributed by atoms with Gasteiger partial charge in [-0.1, -0.05) is 60.7 Å². The number of amides is 2. The number of hydrogen-bond donors (Lipinski definition) is 5. The standard InChI is InChI=1S/C30H30N4O5.Na.H/c35-26-17-21(23-10-5-8-20-7-1-2-9-22(20)23)13-14-24(26)25(18-30(38)39)34-29(37)19-33-28(36)12-6-16-32-27-11-3-4-15-31-27;;/h1-5,7-11,13-15,17,25,35H,6,12,16,18-19H2,(H,31,32)(H,33,36)(H,34,37)(H,38,39);;. The quantitative estimate of drug-likeness (QED) is 0.134. The van der Waals surface area contributed by atoms with Crippen LogP contribution in [0, 0.1) is 0 Å². The first-order valence-corrected chi connectivity index (χ1v) is 12.6. The number of benzene rings is 3. The molecule has 0 bridgehead atoms. The van der Waals surface area contributed by atoms with Crippen LogP contribution in [0.5, 0.6) is 5.75 Å². The molecule has 0 fully saturated rings. The summed E-state index contributed by atoms with van der Waals surface area (Å²) in [5, 5.41) is 30.6. The predicted molar refractivity (Wildman–Crippen MR) is 156 cm³/mol. The molecule has 1 unspecified atom stereocenters. The zero-order chi connectivity index (χ0) is 27.6. The van der Waals surface area contributed by atoms with Crippen LogP contribution in [0.1, 0.15) is 30.9 Å². The van der Waals surface area contributed by atoms with E-state index in [2.05, 4.69) is 20.9 Å². The van der Waals surface area contributed by atoms with Gasteiger partial charge in [-0.25, -0.2) is 4.98 Å². The van der Waals surface area contributed by atoms with E-state index in [1.807, 2.05) is 60.7 Å². The molecule has 0 aliphatic heterocycles. The van der Waals surface area contributed by atoms with Crippen LogP contribution in [0.25, 0.3) is 21.9 Å². The van der Waals surface area contributed by atoms with E-state index in [-0.39, 0.29) is 59.7 Å². The van der Waals surface area contributed by atoms with E-state index in [4.69, 9.17) is 0 Å². The molecule has 9 nitrogen and oxygen atoms in total. The molecule has 0 radical (unpaired) electrons. The van der Waals surface area contributed by atoms with Gasteiger partial charge < -0.3 is 26.2 Å². The summed E-state index contributed by atoms with van der Waals surface area (Å²) in [6.07, 6.45) is 2.00. The molecule has 3 aromatic carbocycles. The number of carboxylic acid groups (broad SMARTS) is 1. The number of aromatic hydroxyl groups is 1. The summed E-state index contributed by atoms with van der Waals surface area (Å²) in [6.45, 7) is 0.239. The van der Waals surface area contributed by atoms with E-state index >= 15 is 0 Å². The Morgan fingerprint density at radius 1 is 0.900 bits per heavy atom. The number of nitrogens with zero attached hydrogens (tertiary/aromatic N) is 1. The van der Waals surface area contributed by atoms with Crippen LogP contribution in [-0.2, 0) is 14.4 Å². The predicted octanol–water partition coefficient (Wildman–Crippen LogP) is 3.60. The maximum absolute atomic E-state index is 12.6. The minimum absolute atomic E-state index is 0. The number of carbonyl (C=O) groups is 3. The second-order valence-electron chi connectivity index (χ2n) is 9.04. The van der Waals surface area contributed by atoms with E-state index in [0.717, 1.165) is 27.7 Å². The average Bonchev–Trinajstić information content (AvgIpc) is 2.94. The third-order valence-electron chi connectivity index (χ3n) is 6.22. The molecule has 0 aliphatic carbocycles. The molecule has 1 atom stereocenters. The minimum atomic E-state index is -1.14. The van der Waals surface area contributed by atoms with Crippen molar-refractivity contribution in [3.8, 4) is 16.9 Å². The van der Waals surface area contributed by atoms with Crippen LogP contribution in [0.4, 0.5) is 5.82 Å². The van der Waals surface area contributed by atoms with Gasteiger partial charge in [0.1, 0.15) is 11.6 Å². The summed E-state index contributed by atoms with van der Waals surface area (Å²) in [5.74, 6) is -1.40. The molecule has 5 N–H and O–H groups in total. The normalized spacial score (nSPS) is 11.2. The van der Waals surface area contributed by atoms with Gasteiger partial charge in [0.05, 0.1) is 19.0 Å². The van der Waals surface area contributed by atoms with Gasteiger partial charge in [-0.15, -0.1) is 0 Å². The van der Waals surface area contributed by atoms with E-state index in [1.165, 1.54) is 0 Å². The van der Waals surface area contributed by atoms with E-state index in [1.54, 1.807) is 24.4 Å². The molecule has 1 aromatic heterocycles. The number of carboxylic acids is 1. The van der Waals surface area contributed by atoms with Crippen LogP contribution in [0.2, 0.25) is 0 Å². The monoisotopic (exact) mass is 550 g/mol. The van der Waals surface area contributed by atoms with E-state index < -0.39 is 24.3 Å². The molecule has 10 heteroatoms. The average molecular weight is 551 g/mol. The Balaban J connectivity index is 0.00000441. The van der Waals surface area contributed by atoms with Crippen molar-refractivity contribution >= 4 is 63.9 Å². The van der Waals surface area contributed by atoms with Gasteiger partial charge in [-0.2, -0.15) is 0 Å². The summed E-state index contributed by atoms with van der Waals surface area (Å²) < 4.78 is 0. The van der Waals surface area contributed by atoms with Crippen molar-refractivity contribution < 1.29 is 24.6 Å². The fraction of sp³-hybridized carbons (Fsp3) is 0.200. The van der Waals surface area contributed by atoms with Gasteiger partial charge in [0, 0.05) is 24.7 Å². The summed E-state index contributed by atoms with van der Waals surface area (Å²) in [5.41, 5.74) is 1.96. The van der Waals surface area contributed by atoms with Gasteiger partial charge in [0.25, 0.3) is 0 Å². The fourth-order valence-electron chi connectivity index (χ4n) is 4.34. The van der Waals surface area contributed by atoms with Gasteiger partial charge in [-0.05, 0) is 46.5 Å². The number of phenolic OH excluding ortho intramolecular Hbond substituents is 1. The number of carbonyl (C=O) groups excluding carboxylic acids is 2. The first kappa shape index (κ1) is 30.6. The SMILES string of the molecule is O=C(O)CC(NC(=O)CNC(=O)CCCNc1ccccn1)c1ccc(-c2cccc3ccccc23)cc1O.[NaH]. The molecular formula is C30H31N4NaO5. The van der Waals surface area contributed by atoms with Crippen LogP contribution >= 0.6 is 0 Å². The third kappa shape index (κ3) is 8.54. The van der Waals surface area contributed by atoms with Crippen LogP contribution < -0.4 is 16.0 Å². The molecular weight excluding hydrogens is 519 g/mol. The molecule has 40 heavy (non-hydrogen) atoms. The van der Waals surface area contributed by atoms with Crippen molar-refractivity contribution in [1.82, 2.24) is 15.6 Å². The Kier molecular flexibility index (Phi) is 11.5. The molecule has 202 valence electrons. The second-order valence-corrected chi connectivity index (χ2v) is 9.04. The summed E-state index contributed by atoms with van der Waals surface area (Å²) >= 11 is 0. The molecule has 0 aliphatic rings. The van der Waals surface area contributed by atoms with E-state index in [9.17, 15) is 24.6 Å². The number of fused-ring (bicyclic) bond motifs is 1. The van der Waals surface area contributed by atoms with Crippen molar-refractivity contribution in [3.05, 3.63) is 90.6 Å². The Hall–Kier alpha value is -3.92. The molecule has 0 saturated heterocycles. The summed E-state index contributed by atoms with van der Waals surface area (Å²) in [4.78, 5) is 40.4. The van der Waals surface area contributed by atoms with Crippen molar-refractivity contribution in [2.24, 2.45) is 0 Å². The molecule has 0 spiro atoms. The number of anilines is 1. The Labute approximate surface area is 254 Å². The fourth-order valence-corrected chi connectivity index (χ4v) is 4.34. The number of hydrogen-bond acceptors (Lipinski definition) is 6. The number of nitrogens with one attached hydrogen (secondary N) is 3. The topological polar surface area (TPSA) is 141 Å². The van der Waals surface area contributed by atoms with Crippen LogP contribution in [-0.4, -0.2) is 75.6 Å². The third-order valence-corrected chi connectivity index (χ3v) is 6.22. The van der Waals surface area contributed by atoms with Gasteiger partial charge >= 0.3 is 35.5 Å². The van der Waals surface area contributed by atoms with Gasteiger partial charge in [-0.3, -0.25) is 14.4 Å². The number of rotatable bonds is 12. The second kappa shape index (κ2) is 15.0. The molecule has 0 saturated carbocycles. The zero-order valence-electron chi connectivity index (χ0n) is 21.3. The number of aliphatic carboxylic acids is 1. The molecule has 2 amide bonds. The first-order chi connectivity index (χ1) is 18.9. The van der Waals surface area contributed by atoms with Crippen molar-refractivity contribution in [1.29, 1.82) is 0 Å². The van der Waals surface area contributed by atoms with Crippen LogP contribution in [0.3, 0.4) is 0 Å². The maximum atomic E-state index is 12.6. The first-order valence-electron chi connectivity index (χ1n) is 12.6. The molecule has 1 heterocycles. The number of aromatic nitrogens is 1. The zero-order valence-corrected chi connectivity index (χ0v) is 21.3. The molecule has 4 rings (SSSR count). The summed E-state index contributed by atoms with van der Waals surface area (Å²) in [7, 11) is 0. The van der Waals surface area contributed by atoms with Crippen molar-refractivity contribution in [3.63, 3.8) is 0 Å². The Morgan fingerprint density at radius 3 is 2.42 bits per heavy atom. The van der Waals surface area contributed by atoms with Gasteiger partial charge in [0.2, 0.25) is 11.8 Å². The van der Waals surface area contributed by atoms with E-state index in [0.29, 0.717) is 13.0 Å². The van der Waals surface area contributed by atoms with Crippen molar-refractivity contribution in [2.45, 2.75) is 25.3 Å².